The number of benzene rings is 1. The van der Waals surface area contributed by atoms with Crippen molar-refractivity contribution in [1.29, 1.82) is 0 Å². The number of aryl methyl sites for hydroxylation is 1. The van der Waals surface area contributed by atoms with Gasteiger partial charge in [-0.3, -0.25) is 9.59 Å². The third-order valence-corrected chi connectivity index (χ3v) is 2.32. The van der Waals surface area contributed by atoms with Gasteiger partial charge in [0, 0.05) is 0 Å². The molecule has 1 rings (SSSR count). The lowest BCUT2D eigenvalue weighted by Gasteiger charge is -2.18. The first-order chi connectivity index (χ1) is 8.47. The van der Waals surface area contributed by atoms with E-state index in [0.717, 1.165) is 4.90 Å². The van der Waals surface area contributed by atoms with Gasteiger partial charge in [0.15, 0.2) is 0 Å². The maximum atomic E-state index is 13.7. The van der Waals surface area contributed by atoms with E-state index in [1.165, 1.54) is 25.1 Å². The predicted octanol–water partition coefficient (Wildman–Crippen LogP) is 1.29. The van der Waals surface area contributed by atoms with Crippen molar-refractivity contribution in [3.8, 4) is 12.3 Å². The number of nitrogens with zero attached hydrogens (tertiary/aromatic N) is 1. The summed E-state index contributed by atoms with van der Waals surface area (Å²) < 4.78 is 13.7. The molecule has 0 fully saturated rings. The molecule has 1 aromatic rings. The van der Waals surface area contributed by atoms with E-state index in [0.29, 0.717) is 5.56 Å². The SMILES string of the molecule is C#CCN(CC(=O)O)C(=O)c1cccc(C)c1F. The molecule has 5 heteroatoms. The zero-order valence-electron chi connectivity index (χ0n) is 9.81. The molecule has 0 atom stereocenters. The normalized spacial score (nSPS) is 9.61. The molecule has 0 radical (unpaired) electrons. The van der Waals surface area contributed by atoms with E-state index in [-0.39, 0.29) is 12.1 Å². The number of amides is 1. The molecule has 1 amide bonds. The zero-order chi connectivity index (χ0) is 13.7. The Balaban J connectivity index is 3.06. The highest BCUT2D eigenvalue weighted by atomic mass is 19.1. The zero-order valence-corrected chi connectivity index (χ0v) is 9.81. The van der Waals surface area contributed by atoms with E-state index in [2.05, 4.69) is 5.92 Å². The Bertz CT molecular complexity index is 519. The third-order valence-electron chi connectivity index (χ3n) is 2.32. The fourth-order valence-electron chi connectivity index (χ4n) is 1.46. The molecule has 94 valence electrons. The van der Waals surface area contributed by atoms with Crippen molar-refractivity contribution < 1.29 is 19.1 Å². The fraction of sp³-hybridized carbons (Fsp3) is 0.231. The van der Waals surface area contributed by atoms with Gasteiger partial charge < -0.3 is 10.0 Å². The lowest BCUT2D eigenvalue weighted by molar-refractivity contribution is -0.137. The van der Waals surface area contributed by atoms with Crippen LogP contribution in [0.2, 0.25) is 0 Å². The molecule has 0 aliphatic rings. The summed E-state index contributed by atoms with van der Waals surface area (Å²) in [5, 5.41) is 8.67. The van der Waals surface area contributed by atoms with Crippen LogP contribution < -0.4 is 0 Å². The van der Waals surface area contributed by atoms with Gasteiger partial charge in [0.25, 0.3) is 5.91 Å². The monoisotopic (exact) mass is 249 g/mol. The smallest absolute Gasteiger partial charge is 0.323 e. The van der Waals surface area contributed by atoms with Crippen molar-refractivity contribution in [3.63, 3.8) is 0 Å². The number of carbonyl (C=O) groups excluding carboxylic acids is 1. The molecule has 1 N–H and O–H groups in total. The molecular formula is C13H12FNO3. The summed E-state index contributed by atoms with van der Waals surface area (Å²) in [6.45, 7) is 0.782. The molecule has 0 bridgehead atoms. The largest absolute Gasteiger partial charge is 0.480 e. The third kappa shape index (κ3) is 3.08. The van der Waals surface area contributed by atoms with E-state index >= 15 is 0 Å². The second-order valence-electron chi connectivity index (χ2n) is 3.70. The number of hydrogen-bond acceptors (Lipinski definition) is 2. The molecular weight excluding hydrogens is 237 g/mol. The number of rotatable bonds is 4. The molecule has 0 heterocycles. The van der Waals surface area contributed by atoms with Crippen LogP contribution in [0, 0.1) is 25.1 Å². The molecule has 0 aromatic heterocycles. The average Bonchev–Trinajstić information content (AvgIpc) is 2.31. The number of aliphatic carboxylic acids is 1. The Morgan fingerprint density at radius 3 is 2.72 bits per heavy atom. The molecule has 0 aliphatic carbocycles. The first-order valence-electron chi connectivity index (χ1n) is 5.17. The minimum absolute atomic E-state index is 0.175. The van der Waals surface area contributed by atoms with Gasteiger partial charge in [0.05, 0.1) is 12.1 Å². The Hall–Kier alpha value is -2.35. The number of carboxylic acid groups (broad SMARTS) is 1. The summed E-state index contributed by atoms with van der Waals surface area (Å²) in [6.07, 6.45) is 5.06. The standard InChI is InChI=1S/C13H12FNO3/c1-3-7-15(8-11(16)17)13(18)10-6-4-5-9(2)12(10)14/h1,4-6H,7-8H2,2H3,(H,16,17). The van der Waals surface area contributed by atoms with Gasteiger partial charge in [-0.15, -0.1) is 6.42 Å². The Kier molecular flexibility index (Phi) is 4.44. The quantitative estimate of drug-likeness (QED) is 0.818. The maximum Gasteiger partial charge on any atom is 0.323 e. The minimum atomic E-state index is -1.20. The second kappa shape index (κ2) is 5.82. The van der Waals surface area contributed by atoms with Crippen LogP contribution in [0.5, 0.6) is 0 Å². The van der Waals surface area contributed by atoms with Gasteiger partial charge in [-0.25, -0.2) is 4.39 Å². The number of halogens is 1. The maximum absolute atomic E-state index is 13.7. The van der Waals surface area contributed by atoms with Gasteiger partial charge in [0.1, 0.15) is 12.4 Å². The van der Waals surface area contributed by atoms with Crippen molar-refractivity contribution in [2.24, 2.45) is 0 Å². The van der Waals surface area contributed by atoms with Crippen LogP contribution in [0.15, 0.2) is 18.2 Å². The summed E-state index contributed by atoms with van der Waals surface area (Å²) in [5.74, 6) is -0.408. The number of carboxylic acids is 1. The average molecular weight is 249 g/mol. The van der Waals surface area contributed by atoms with Crippen LogP contribution >= 0.6 is 0 Å². The van der Waals surface area contributed by atoms with Gasteiger partial charge in [0.2, 0.25) is 0 Å². The lowest BCUT2D eigenvalue weighted by Crippen LogP contribution is -2.36. The van der Waals surface area contributed by atoms with E-state index in [4.69, 9.17) is 11.5 Å². The summed E-state index contributed by atoms with van der Waals surface area (Å²) >= 11 is 0. The summed E-state index contributed by atoms with van der Waals surface area (Å²) in [4.78, 5) is 23.5. The van der Waals surface area contributed by atoms with E-state index in [1.807, 2.05) is 0 Å². The summed E-state index contributed by atoms with van der Waals surface area (Å²) in [5.41, 5.74) is 0.142. The molecule has 0 saturated heterocycles. The minimum Gasteiger partial charge on any atom is -0.480 e. The first-order valence-corrected chi connectivity index (χ1v) is 5.17. The molecule has 0 unspecified atom stereocenters. The molecule has 0 aliphatic heterocycles. The van der Waals surface area contributed by atoms with Crippen molar-refractivity contribution >= 4 is 11.9 Å². The van der Waals surface area contributed by atoms with Crippen LogP contribution in [0.25, 0.3) is 0 Å². The molecule has 18 heavy (non-hydrogen) atoms. The number of terminal acetylenes is 1. The highest BCUT2D eigenvalue weighted by Crippen LogP contribution is 2.14. The predicted molar refractivity (Wildman–Crippen MR) is 63.5 cm³/mol. The van der Waals surface area contributed by atoms with Crippen LogP contribution in [-0.2, 0) is 4.79 Å². The van der Waals surface area contributed by atoms with E-state index in [9.17, 15) is 14.0 Å². The summed E-state index contributed by atoms with van der Waals surface area (Å²) in [6, 6.07) is 4.35. The van der Waals surface area contributed by atoms with Crippen molar-refractivity contribution in [3.05, 3.63) is 35.1 Å². The Morgan fingerprint density at radius 2 is 2.17 bits per heavy atom. The number of hydrogen-bond donors (Lipinski definition) is 1. The van der Waals surface area contributed by atoms with Crippen molar-refractivity contribution in [1.82, 2.24) is 4.90 Å². The lowest BCUT2D eigenvalue weighted by atomic mass is 10.1. The summed E-state index contributed by atoms with van der Waals surface area (Å²) in [7, 11) is 0. The van der Waals surface area contributed by atoms with Crippen LogP contribution in [0.4, 0.5) is 4.39 Å². The first kappa shape index (κ1) is 13.7. The van der Waals surface area contributed by atoms with E-state index < -0.39 is 24.2 Å². The van der Waals surface area contributed by atoms with Gasteiger partial charge >= 0.3 is 5.97 Å². The van der Waals surface area contributed by atoms with Gasteiger partial charge in [-0.2, -0.15) is 0 Å². The van der Waals surface area contributed by atoms with E-state index in [1.54, 1.807) is 0 Å². The Morgan fingerprint density at radius 1 is 1.50 bits per heavy atom. The molecule has 0 spiro atoms. The second-order valence-corrected chi connectivity index (χ2v) is 3.70. The topological polar surface area (TPSA) is 57.6 Å². The van der Waals surface area contributed by atoms with Gasteiger partial charge in [-0.1, -0.05) is 18.1 Å². The molecule has 0 saturated carbocycles. The van der Waals surface area contributed by atoms with Gasteiger partial charge in [-0.05, 0) is 18.6 Å². The highest BCUT2D eigenvalue weighted by Gasteiger charge is 2.21. The van der Waals surface area contributed by atoms with Crippen LogP contribution in [0.3, 0.4) is 0 Å². The van der Waals surface area contributed by atoms with Crippen LogP contribution in [0.1, 0.15) is 15.9 Å². The van der Waals surface area contributed by atoms with Crippen molar-refractivity contribution in [2.75, 3.05) is 13.1 Å². The van der Waals surface area contributed by atoms with Crippen LogP contribution in [-0.4, -0.2) is 35.0 Å². The van der Waals surface area contributed by atoms with Crippen molar-refractivity contribution in [2.45, 2.75) is 6.92 Å². The molecule has 4 nitrogen and oxygen atoms in total. The highest BCUT2D eigenvalue weighted by molar-refractivity contribution is 5.96. The molecule has 1 aromatic carbocycles. The fourth-order valence-corrected chi connectivity index (χ4v) is 1.46. The number of carbonyl (C=O) groups is 2. The Labute approximate surface area is 104 Å².